The third-order valence-electron chi connectivity index (χ3n) is 3.00. The van der Waals surface area contributed by atoms with E-state index in [1.807, 2.05) is 0 Å². The molecular formula is C11H11Cl2NO5S. The molecule has 1 heterocycles. The van der Waals surface area contributed by atoms with Crippen LogP contribution < -0.4 is 0 Å². The second kappa shape index (κ2) is 5.50. The fourth-order valence-electron chi connectivity index (χ4n) is 2.12. The van der Waals surface area contributed by atoms with Crippen molar-refractivity contribution in [1.29, 1.82) is 0 Å². The zero-order valence-electron chi connectivity index (χ0n) is 10.0. The van der Waals surface area contributed by atoms with E-state index in [1.54, 1.807) is 0 Å². The largest absolute Gasteiger partial charge is 0.480 e. The van der Waals surface area contributed by atoms with Gasteiger partial charge in [0.15, 0.2) is 0 Å². The molecule has 1 saturated heterocycles. The van der Waals surface area contributed by atoms with Crippen LogP contribution in [0.2, 0.25) is 10.0 Å². The average Bonchev–Trinajstić information content (AvgIpc) is 2.71. The number of carboxylic acids is 1. The van der Waals surface area contributed by atoms with Gasteiger partial charge in [-0.25, -0.2) is 8.42 Å². The van der Waals surface area contributed by atoms with Gasteiger partial charge in [-0.15, -0.1) is 0 Å². The van der Waals surface area contributed by atoms with Crippen molar-refractivity contribution in [3.63, 3.8) is 0 Å². The molecule has 0 spiro atoms. The Hall–Kier alpha value is -0.860. The molecule has 2 unspecified atom stereocenters. The molecular weight excluding hydrogens is 329 g/mol. The first-order chi connectivity index (χ1) is 9.25. The van der Waals surface area contributed by atoms with Crippen LogP contribution in [-0.4, -0.2) is 47.6 Å². The topological polar surface area (TPSA) is 94.9 Å². The lowest BCUT2D eigenvalue weighted by Crippen LogP contribution is -2.40. The number of rotatable bonds is 3. The molecule has 20 heavy (non-hydrogen) atoms. The maximum Gasteiger partial charge on any atom is 0.322 e. The lowest BCUT2D eigenvalue weighted by molar-refractivity contribution is -0.140. The summed E-state index contributed by atoms with van der Waals surface area (Å²) >= 11 is 11.7. The van der Waals surface area contributed by atoms with E-state index in [-0.39, 0.29) is 27.9 Å². The van der Waals surface area contributed by atoms with Crippen LogP contribution in [0.4, 0.5) is 0 Å². The second-order valence-electron chi connectivity index (χ2n) is 4.37. The monoisotopic (exact) mass is 339 g/mol. The van der Waals surface area contributed by atoms with E-state index in [0.29, 0.717) is 4.31 Å². The maximum atomic E-state index is 12.5. The summed E-state index contributed by atoms with van der Waals surface area (Å²) in [5, 5.41) is 18.4. The fourth-order valence-corrected chi connectivity index (χ4v) is 4.85. The molecule has 1 aliphatic heterocycles. The van der Waals surface area contributed by atoms with Gasteiger partial charge in [-0.1, -0.05) is 29.3 Å². The minimum Gasteiger partial charge on any atom is -0.480 e. The van der Waals surface area contributed by atoms with E-state index in [0.717, 1.165) is 0 Å². The summed E-state index contributed by atoms with van der Waals surface area (Å²) in [6, 6.07) is 2.85. The Labute approximate surface area is 125 Å². The number of β-amino-alcohol motifs (C(OH)–C–C–N with tert-alkyl or cyclic N) is 1. The van der Waals surface area contributed by atoms with E-state index in [4.69, 9.17) is 28.3 Å². The predicted octanol–water partition coefficient (Wildman–Crippen LogP) is 1.20. The number of nitrogens with zero attached hydrogens (tertiary/aromatic N) is 1. The van der Waals surface area contributed by atoms with E-state index < -0.39 is 28.1 Å². The number of hydrogen-bond donors (Lipinski definition) is 2. The molecule has 1 aromatic rings. The number of benzene rings is 1. The van der Waals surface area contributed by atoms with Crippen LogP contribution in [0, 0.1) is 0 Å². The van der Waals surface area contributed by atoms with Gasteiger partial charge in [0.05, 0.1) is 16.1 Å². The molecule has 0 bridgehead atoms. The number of carbonyl (C=O) groups is 1. The number of aliphatic carboxylic acids is 1. The van der Waals surface area contributed by atoms with Gasteiger partial charge in [0.25, 0.3) is 0 Å². The molecule has 1 aliphatic rings. The highest BCUT2D eigenvalue weighted by Crippen LogP contribution is 2.34. The SMILES string of the molecule is O=C(O)C1CC(O)CN1S(=O)(=O)c1c(Cl)cccc1Cl. The maximum absolute atomic E-state index is 12.5. The number of aliphatic hydroxyl groups excluding tert-OH is 1. The number of hydrogen-bond acceptors (Lipinski definition) is 4. The third-order valence-corrected chi connectivity index (χ3v) is 5.84. The summed E-state index contributed by atoms with van der Waals surface area (Å²) in [7, 11) is -4.20. The second-order valence-corrected chi connectivity index (χ2v) is 7.01. The van der Waals surface area contributed by atoms with Crippen molar-refractivity contribution >= 4 is 39.2 Å². The lowest BCUT2D eigenvalue weighted by atomic mass is 10.2. The molecule has 2 rings (SSSR count). The first kappa shape index (κ1) is 15.5. The molecule has 0 saturated carbocycles. The Morgan fingerprint density at radius 2 is 1.85 bits per heavy atom. The normalized spacial score (nSPS) is 23.9. The summed E-state index contributed by atoms with van der Waals surface area (Å²) in [5.74, 6) is -1.33. The van der Waals surface area contributed by atoms with E-state index in [1.165, 1.54) is 18.2 Å². The van der Waals surface area contributed by atoms with Gasteiger partial charge in [-0.3, -0.25) is 4.79 Å². The standard InChI is InChI=1S/C11H11Cl2NO5S/c12-7-2-1-3-8(13)10(7)20(18,19)14-5-6(15)4-9(14)11(16)17/h1-3,6,9,15H,4-5H2,(H,16,17). The summed E-state index contributed by atoms with van der Waals surface area (Å²) in [6.45, 7) is -0.305. The molecule has 2 atom stereocenters. The number of aliphatic hydroxyl groups is 1. The average molecular weight is 340 g/mol. The van der Waals surface area contributed by atoms with E-state index >= 15 is 0 Å². The fraction of sp³-hybridized carbons (Fsp3) is 0.364. The number of carboxylic acid groups (broad SMARTS) is 1. The highest BCUT2D eigenvalue weighted by atomic mass is 35.5. The van der Waals surface area contributed by atoms with Gasteiger partial charge < -0.3 is 10.2 Å². The molecule has 0 radical (unpaired) electrons. The first-order valence-corrected chi connectivity index (χ1v) is 7.81. The molecule has 2 N–H and O–H groups in total. The smallest absolute Gasteiger partial charge is 0.322 e. The van der Waals surface area contributed by atoms with Gasteiger partial charge in [0.1, 0.15) is 10.9 Å². The van der Waals surface area contributed by atoms with Gasteiger partial charge in [0, 0.05) is 13.0 Å². The highest BCUT2D eigenvalue weighted by Gasteiger charge is 2.44. The van der Waals surface area contributed by atoms with Crippen LogP contribution in [0.25, 0.3) is 0 Å². The Balaban J connectivity index is 2.52. The van der Waals surface area contributed by atoms with Gasteiger partial charge in [0.2, 0.25) is 10.0 Å². The van der Waals surface area contributed by atoms with Crippen LogP contribution >= 0.6 is 23.2 Å². The van der Waals surface area contributed by atoms with Crippen LogP contribution in [0.3, 0.4) is 0 Å². The van der Waals surface area contributed by atoms with E-state index in [9.17, 15) is 18.3 Å². The summed E-state index contributed by atoms with van der Waals surface area (Å²) < 4.78 is 25.8. The summed E-state index contributed by atoms with van der Waals surface area (Å²) in [4.78, 5) is 10.8. The van der Waals surface area contributed by atoms with Crippen molar-refractivity contribution in [2.45, 2.75) is 23.5 Å². The Kier molecular flexibility index (Phi) is 4.27. The van der Waals surface area contributed by atoms with Crippen LogP contribution in [0.1, 0.15) is 6.42 Å². The van der Waals surface area contributed by atoms with Crippen molar-refractivity contribution in [2.75, 3.05) is 6.54 Å². The van der Waals surface area contributed by atoms with Crippen LogP contribution in [-0.2, 0) is 14.8 Å². The first-order valence-electron chi connectivity index (χ1n) is 5.62. The van der Waals surface area contributed by atoms with Gasteiger partial charge >= 0.3 is 5.97 Å². The number of sulfonamides is 1. The zero-order chi connectivity index (χ0) is 15.1. The molecule has 9 heteroatoms. The molecule has 0 amide bonds. The third kappa shape index (κ3) is 2.64. The summed E-state index contributed by atoms with van der Waals surface area (Å²) in [6.07, 6.45) is -1.21. The highest BCUT2D eigenvalue weighted by molar-refractivity contribution is 7.89. The quantitative estimate of drug-likeness (QED) is 0.862. The van der Waals surface area contributed by atoms with Gasteiger partial charge in [-0.2, -0.15) is 4.31 Å². The Morgan fingerprint density at radius 3 is 2.35 bits per heavy atom. The Morgan fingerprint density at radius 1 is 1.30 bits per heavy atom. The summed E-state index contributed by atoms with van der Waals surface area (Å²) in [5.41, 5.74) is 0. The minimum atomic E-state index is -4.20. The van der Waals surface area contributed by atoms with Crippen molar-refractivity contribution in [2.24, 2.45) is 0 Å². The molecule has 0 aromatic heterocycles. The van der Waals surface area contributed by atoms with Crippen molar-refractivity contribution < 1.29 is 23.4 Å². The zero-order valence-corrected chi connectivity index (χ0v) is 12.4. The van der Waals surface area contributed by atoms with Crippen LogP contribution in [0.15, 0.2) is 23.1 Å². The van der Waals surface area contributed by atoms with Gasteiger partial charge in [-0.05, 0) is 12.1 Å². The van der Waals surface area contributed by atoms with Crippen LogP contribution in [0.5, 0.6) is 0 Å². The van der Waals surface area contributed by atoms with Crippen molar-refractivity contribution in [3.05, 3.63) is 28.2 Å². The molecule has 110 valence electrons. The van der Waals surface area contributed by atoms with Crippen molar-refractivity contribution in [1.82, 2.24) is 4.31 Å². The van der Waals surface area contributed by atoms with E-state index in [2.05, 4.69) is 0 Å². The molecule has 1 fully saturated rings. The molecule has 1 aromatic carbocycles. The minimum absolute atomic E-state index is 0.0944. The lowest BCUT2D eigenvalue weighted by Gasteiger charge is -2.21. The predicted molar refractivity (Wildman–Crippen MR) is 72.4 cm³/mol. The number of halogens is 2. The Bertz CT molecular complexity index is 628. The molecule has 6 nitrogen and oxygen atoms in total. The van der Waals surface area contributed by atoms with Crippen molar-refractivity contribution in [3.8, 4) is 0 Å². The molecule has 0 aliphatic carbocycles.